The number of nitrogens with one attached hydrogen (secondary N) is 3. The highest BCUT2D eigenvalue weighted by molar-refractivity contribution is 5.96. The number of hydrogen-bond donors (Lipinski definition) is 7. The van der Waals surface area contributed by atoms with E-state index in [2.05, 4.69) is 34.5 Å². The lowest BCUT2D eigenvalue weighted by molar-refractivity contribution is -0.702. The number of imidazole rings is 1. The number of carboxylic acids is 3. The highest BCUT2D eigenvalue weighted by atomic mass is 16.4. The van der Waals surface area contributed by atoms with Crippen LogP contribution >= 0.6 is 0 Å². The number of fused-ring (bicyclic) bond motifs is 8. The zero-order valence-electron chi connectivity index (χ0n) is 30.3. The molecule has 6 rings (SSSR count). The predicted octanol–water partition coefficient (Wildman–Crippen LogP) is 5.98. The van der Waals surface area contributed by atoms with Crippen molar-refractivity contribution in [3.05, 3.63) is 94.1 Å². The van der Waals surface area contributed by atoms with Gasteiger partial charge in [-0.1, -0.05) is 12.7 Å². The summed E-state index contributed by atoms with van der Waals surface area (Å²) in [5.74, 6) is -2.90. The van der Waals surface area contributed by atoms with Gasteiger partial charge < -0.3 is 31.0 Å². The van der Waals surface area contributed by atoms with E-state index in [1.807, 2.05) is 49.6 Å². The van der Waals surface area contributed by atoms with E-state index in [1.165, 1.54) is 0 Å². The van der Waals surface area contributed by atoms with Gasteiger partial charge in [0.1, 0.15) is 17.9 Å². The quantitative estimate of drug-likeness (QED) is 0.0809. The highest BCUT2D eigenvalue weighted by Gasteiger charge is 2.24. The molecular formula is C40H44N7O6+. The minimum absolute atomic E-state index is 0.0710. The van der Waals surface area contributed by atoms with Crippen LogP contribution < -0.4 is 10.3 Å². The van der Waals surface area contributed by atoms with E-state index in [9.17, 15) is 29.7 Å². The fraction of sp³-hybridized carbons (Fsp3) is 0.300. The van der Waals surface area contributed by atoms with Crippen molar-refractivity contribution in [3.63, 3.8) is 0 Å². The number of nitrogens with zero attached hydrogens (tertiary/aromatic N) is 3. The Morgan fingerprint density at radius 2 is 1.36 bits per heavy atom. The van der Waals surface area contributed by atoms with E-state index in [4.69, 9.17) is 15.7 Å². The molecule has 0 saturated heterocycles. The van der Waals surface area contributed by atoms with Crippen LogP contribution in [0.4, 0.5) is 0 Å². The van der Waals surface area contributed by atoms with E-state index >= 15 is 0 Å². The van der Waals surface area contributed by atoms with Gasteiger partial charge in [-0.15, -0.1) is 0 Å². The molecule has 0 fully saturated rings. The number of allylic oxidation sites excluding steroid dienone is 4. The molecule has 274 valence electrons. The molecular weight excluding hydrogens is 674 g/mol. The van der Waals surface area contributed by atoms with E-state index in [-0.39, 0.29) is 32.1 Å². The minimum Gasteiger partial charge on any atom is -0.481 e. The highest BCUT2D eigenvalue weighted by Crippen LogP contribution is 2.38. The first-order valence-corrected chi connectivity index (χ1v) is 17.5. The van der Waals surface area contributed by atoms with Crippen LogP contribution in [-0.2, 0) is 33.8 Å². The Morgan fingerprint density at radius 1 is 0.792 bits per heavy atom. The van der Waals surface area contributed by atoms with Gasteiger partial charge in [0.05, 0.1) is 29.3 Å². The van der Waals surface area contributed by atoms with Gasteiger partial charge in [0.15, 0.2) is 0 Å². The van der Waals surface area contributed by atoms with Crippen molar-refractivity contribution in [1.82, 2.24) is 24.9 Å². The van der Waals surface area contributed by atoms with Gasteiger partial charge in [-0.2, -0.15) is 0 Å². The lowest BCUT2D eigenvalue weighted by Crippen LogP contribution is -2.41. The summed E-state index contributed by atoms with van der Waals surface area (Å²) in [6.07, 6.45) is 6.52. The maximum Gasteiger partial charge on any atom is 0.320 e. The summed E-state index contributed by atoms with van der Waals surface area (Å²) < 4.78 is 1.97. The van der Waals surface area contributed by atoms with Crippen LogP contribution in [0.1, 0.15) is 90.3 Å². The predicted molar refractivity (Wildman–Crippen MR) is 203 cm³/mol. The molecule has 2 aliphatic rings. The molecule has 0 spiro atoms. The summed E-state index contributed by atoms with van der Waals surface area (Å²) in [6, 6.07) is 6.83. The van der Waals surface area contributed by atoms with E-state index in [0.717, 1.165) is 72.3 Å². The first-order chi connectivity index (χ1) is 25.2. The van der Waals surface area contributed by atoms with Gasteiger partial charge in [0, 0.05) is 53.3 Å². The second kappa shape index (κ2) is 14.9. The molecule has 2 aliphatic heterocycles. The number of hydrogen-bond acceptors (Lipinski definition) is 6. The number of aromatic amines is 3. The maximum absolute atomic E-state index is 11.7. The molecule has 0 aliphatic carbocycles. The topological polar surface area (TPSA) is 215 Å². The smallest absolute Gasteiger partial charge is 0.320 e. The third-order valence-corrected chi connectivity index (χ3v) is 10.3. The van der Waals surface area contributed by atoms with Gasteiger partial charge in [0.2, 0.25) is 6.33 Å². The lowest BCUT2D eigenvalue weighted by Gasteiger charge is -2.06. The summed E-state index contributed by atoms with van der Waals surface area (Å²) in [7, 11) is 0. The average molecular weight is 719 g/mol. The van der Waals surface area contributed by atoms with Gasteiger partial charge in [-0.25, -0.2) is 19.5 Å². The second-order valence-corrected chi connectivity index (χ2v) is 13.6. The fourth-order valence-corrected chi connectivity index (χ4v) is 7.18. The second-order valence-electron chi connectivity index (χ2n) is 13.6. The van der Waals surface area contributed by atoms with Gasteiger partial charge in [0.25, 0.3) is 0 Å². The van der Waals surface area contributed by atoms with Crippen molar-refractivity contribution in [2.24, 2.45) is 5.73 Å². The summed E-state index contributed by atoms with van der Waals surface area (Å²) in [6.45, 7) is 12.6. The Hall–Kier alpha value is -6.08. The van der Waals surface area contributed by atoms with Crippen LogP contribution in [0.15, 0.2) is 43.4 Å². The summed E-state index contributed by atoms with van der Waals surface area (Å²) in [5.41, 5.74) is 19.9. The number of carboxylic acid groups (broad SMARTS) is 3. The molecule has 13 nitrogen and oxygen atoms in total. The Labute approximate surface area is 305 Å². The van der Waals surface area contributed by atoms with Crippen molar-refractivity contribution in [2.75, 3.05) is 0 Å². The van der Waals surface area contributed by atoms with Crippen LogP contribution in [0.25, 0.3) is 50.4 Å². The molecule has 8 N–H and O–H groups in total. The number of aliphatic carboxylic acids is 3. The average Bonchev–Trinajstić information content (AvgIpc) is 3.87. The number of H-pyrrole nitrogens is 3. The van der Waals surface area contributed by atoms with Crippen LogP contribution in [-0.4, -0.2) is 64.2 Å². The summed E-state index contributed by atoms with van der Waals surface area (Å²) >= 11 is 0. The van der Waals surface area contributed by atoms with Crippen molar-refractivity contribution in [3.8, 4) is 0 Å². The lowest BCUT2D eigenvalue weighted by atomic mass is 9.98. The summed E-state index contributed by atoms with van der Waals surface area (Å²) in [5, 5.41) is 28.6. The number of carbonyl (C=O) groups is 3. The van der Waals surface area contributed by atoms with E-state index in [1.54, 1.807) is 12.5 Å². The zero-order chi connectivity index (χ0) is 38.1. The Balaban J connectivity index is 1.62. The van der Waals surface area contributed by atoms with Crippen molar-refractivity contribution >= 4 is 68.3 Å². The number of aromatic nitrogens is 6. The van der Waals surface area contributed by atoms with E-state index in [0.29, 0.717) is 35.7 Å². The molecule has 0 saturated carbocycles. The third-order valence-electron chi connectivity index (χ3n) is 10.3. The van der Waals surface area contributed by atoms with Crippen LogP contribution in [0.5, 0.6) is 0 Å². The summed E-state index contributed by atoms with van der Waals surface area (Å²) in [4.78, 5) is 55.2. The molecule has 0 aromatic carbocycles. The van der Waals surface area contributed by atoms with Crippen molar-refractivity contribution in [2.45, 2.75) is 78.8 Å². The number of nitrogens with two attached hydrogens (primary N) is 1. The molecule has 0 unspecified atom stereocenters. The van der Waals surface area contributed by atoms with Gasteiger partial charge in [-0.05, 0) is 104 Å². The molecule has 6 heterocycles. The van der Waals surface area contributed by atoms with Crippen molar-refractivity contribution in [1.29, 1.82) is 0 Å². The molecule has 1 atom stereocenters. The monoisotopic (exact) mass is 718 g/mol. The first kappa shape index (κ1) is 36.7. The molecule has 0 amide bonds. The normalized spacial score (nSPS) is 13.5. The number of rotatable bonds is 13. The van der Waals surface area contributed by atoms with Crippen LogP contribution in [0.3, 0.4) is 0 Å². The third kappa shape index (κ3) is 7.47. The molecule has 53 heavy (non-hydrogen) atoms. The van der Waals surface area contributed by atoms with Gasteiger partial charge in [-0.3, -0.25) is 14.4 Å². The van der Waals surface area contributed by atoms with E-state index < -0.39 is 23.9 Å². The molecule has 4 aromatic heterocycles. The fourth-order valence-electron chi connectivity index (χ4n) is 7.18. The SMILES string of the molecule is C=Cc1c(C)c2cc3nc(cc4nc(cc5[nH]c(cc1[nH]2)c(C)c5CC[n+]1c[nH]cc1C[C@H](N)C(=O)O)C(C)=C4CCC(=O)O)C(CCC(=O)O)=C3C. The molecule has 4 aromatic rings. The molecule has 8 bridgehead atoms. The number of aryl methyl sites for hydroxylation is 4. The Morgan fingerprint density at radius 3 is 1.92 bits per heavy atom. The molecule has 13 heteroatoms. The first-order valence-electron chi connectivity index (χ1n) is 17.5. The van der Waals surface area contributed by atoms with Crippen LogP contribution in [0, 0.1) is 13.8 Å². The van der Waals surface area contributed by atoms with Crippen molar-refractivity contribution < 1.29 is 34.3 Å². The minimum atomic E-state index is -1.07. The molecule has 0 radical (unpaired) electrons. The van der Waals surface area contributed by atoms with Gasteiger partial charge >= 0.3 is 17.9 Å². The zero-order valence-corrected chi connectivity index (χ0v) is 30.3. The maximum atomic E-state index is 11.7. The van der Waals surface area contributed by atoms with Crippen LogP contribution in [0.2, 0.25) is 0 Å². The largest absolute Gasteiger partial charge is 0.481 e. The standard InChI is InChI=1S/C40H43N7O6/c1-6-25-20(2)30-14-31-21(3)26(7-9-38(48)49)36(44-31)17-37-27(8-10-39(50)51)22(4)33(46-37)16-35-28(23(5)32(45-35)15-34(25)43-30)11-12-47-19-42-18-24(47)13-29(41)40(52)53/h6,14-19,29H,1,7-13,41H2,2-5H3,(H5,43,44,45,46,48,49,50,51,52,53)/p+1/t29-/m0/s1. The Kier molecular flexibility index (Phi) is 10.3. The Bertz CT molecular complexity index is 2410.